The highest BCUT2D eigenvalue weighted by Crippen LogP contribution is 2.43. The second kappa shape index (κ2) is 5.91. The molecule has 0 saturated carbocycles. The van der Waals surface area contributed by atoms with Crippen LogP contribution in [0.2, 0.25) is 0 Å². The molecule has 1 aliphatic carbocycles. The number of anilines is 1. The monoisotopic (exact) mass is 421 g/mol. The van der Waals surface area contributed by atoms with Crippen molar-refractivity contribution in [2.24, 2.45) is 0 Å². The van der Waals surface area contributed by atoms with Crippen LogP contribution in [0.5, 0.6) is 0 Å². The number of hydrogen-bond acceptors (Lipinski definition) is 6. The molecule has 3 N–H and O–H groups in total. The maximum absolute atomic E-state index is 14.5. The average molecular weight is 421 g/mol. The molecule has 1 atom stereocenters. The van der Waals surface area contributed by atoms with Gasteiger partial charge in [0.2, 0.25) is 0 Å². The highest BCUT2D eigenvalue weighted by Gasteiger charge is 2.45. The van der Waals surface area contributed by atoms with Gasteiger partial charge in [-0.2, -0.15) is 0 Å². The first-order valence-corrected chi connectivity index (χ1v) is 10.4. The van der Waals surface area contributed by atoms with Crippen molar-refractivity contribution in [2.45, 2.75) is 51.4 Å². The summed E-state index contributed by atoms with van der Waals surface area (Å²) in [5.74, 6) is -1.25. The average Bonchev–Trinajstić information content (AvgIpc) is 3.14. The number of cyclic esters (lactones) is 1. The van der Waals surface area contributed by atoms with Gasteiger partial charge in [0, 0.05) is 22.6 Å². The summed E-state index contributed by atoms with van der Waals surface area (Å²) in [6.07, 6.45) is 2.41. The van der Waals surface area contributed by atoms with Crippen LogP contribution in [0.3, 0.4) is 0 Å². The molecule has 3 aromatic rings. The smallest absolute Gasteiger partial charge is 0.343 e. The van der Waals surface area contributed by atoms with Crippen LogP contribution in [0, 0.1) is 5.82 Å². The number of rotatable bonds is 1. The minimum absolute atomic E-state index is 0.0822. The van der Waals surface area contributed by atoms with E-state index in [2.05, 4.69) is 0 Å². The fourth-order valence-corrected chi connectivity index (χ4v) is 5.38. The number of halogens is 1. The van der Waals surface area contributed by atoms with Gasteiger partial charge in [0.1, 0.15) is 12.4 Å². The third-order valence-corrected chi connectivity index (χ3v) is 7.04. The van der Waals surface area contributed by atoms with Gasteiger partial charge in [-0.1, -0.05) is 6.92 Å². The molecule has 7 nitrogen and oxygen atoms in total. The zero-order valence-electron chi connectivity index (χ0n) is 16.9. The number of nitrogens with zero attached hydrogens (tertiary/aromatic N) is 2. The molecule has 2 aromatic heterocycles. The van der Waals surface area contributed by atoms with Crippen molar-refractivity contribution in [3.05, 3.63) is 56.1 Å². The van der Waals surface area contributed by atoms with Crippen molar-refractivity contribution in [1.82, 2.24) is 9.55 Å². The Labute approximate surface area is 176 Å². The summed E-state index contributed by atoms with van der Waals surface area (Å²) in [7, 11) is 0. The molecule has 2 aliphatic heterocycles. The molecule has 0 fully saturated rings. The third-order valence-electron chi connectivity index (χ3n) is 7.04. The number of pyridine rings is 2. The Kier molecular flexibility index (Phi) is 3.53. The van der Waals surface area contributed by atoms with Gasteiger partial charge in [0.25, 0.3) is 5.56 Å². The zero-order chi connectivity index (χ0) is 21.7. The molecule has 6 rings (SSSR count). The Morgan fingerprint density at radius 3 is 2.77 bits per heavy atom. The molecular weight excluding hydrogens is 401 g/mol. The number of ether oxygens (including phenoxy) is 1. The molecule has 0 radical (unpaired) electrons. The van der Waals surface area contributed by atoms with E-state index in [4.69, 9.17) is 15.5 Å². The predicted octanol–water partition coefficient (Wildman–Crippen LogP) is 2.29. The summed E-state index contributed by atoms with van der Waals surface area (Å²) in [6.45, 7) is 1.84. The van der Waals surface area contributed by atoms with Gasteiger partial charge in [0.15, 0.2) is 5.60 Å². The third kappa shape index (κ3) is 2.18. The Morgan fingerprint density at radius 1 is 1.23 bits per heavy atom. The lowest BCUT2D eigenvalue weighted by Gasteiger charge is -2.31. The Morgan fingerprint density at radius 2 is 2.00 bits per heavy atom. The topological polar surface area (TPSA) is 107 Å². The van der Waals surface area contributed by atoms with Gasteiger partial charge in [-0.3, -0.25) is 4.79 Å². The van der Waals surface area contributed by atoms with Gasteiger partial charge in [-0.25, -0.2) is 14.2 Å². The van der Waals surface area contributed by atoms with Gasteiger partial charge >= 0.3 is 5.97 Å². The summed E-state index contributed by atoms with van der Waals surface area (Å²) in [4.78, 5) is 30.4. The lowest BCUT2D eigenvalue weighted by Crippen LogP contribution is -2.44. The number of carbonyl (C=O) groups is 1. The second-order valence-corrected chi connectivity index (χ2v) is 8.52. The van der Waals surface area contributed by atoms with Gasteiger partial charge in [-0.15, -0.1) is 0 Å². The van der Waals surface area contributed by atoms with E-state index in [1.165, 1.54) is 6.07 Å². The van der Waals surface area contributed by atoms with Crippen LogP contribution in [-0.2, 0) is 41.1 Å². The Hall–Kier alpha value is -3.26. The molecule has 158 valence electrons. The van der Waals surface area contributed by atoms with Crippen LogP contribution >= 0.6 is 0 Å². The van der Waals surface area contributed by atoms with Crippen molar-refractivity contribution >= 4 is 22.6 Å². The van der Waals surface area contributed by atoms with Gasteiger partial charge in [0.05, 0.1) is 34.7 Å². The molecule has 0 saturated heterocycles. The summed E-state index contributed by atoms with van der Waals surface area (Å²) in [6, 6.07) is 3.03. The number of nitrogen functional groups attached to an aromatic ring is 1. The minimum Gasteiger partial charge on any atom is -0.458 e. The molecule has 0 unspecified atom stereocenters. The standard InChI is InChI=1S/C23H20FN3O4/c1-2-23(30)14-6-17-20-12(8-27(17)21(28)13(14)9-31-22(23)29)10-4-3-5-11-18(10)16(26-20)7-15(24)19(11)25/h6-7,30H,2-5,8-9,25H2,1H3/t23-/m0/s1. The van der Waals surface area contributed by atoms with Crippen LogP contribution in [-0.4, -0.2) is 20.6 Å². The van der Waals surface area contributed by atoms with Crippen molar-refractivity contribution in [1.29, 1.82) is 0 Å². The molecule has 0 spiro atoms. The Bertz CT molecular complexity index is 1410. The van der Waals surface area contributed by atoms with E-state index in [-0.39, 0.29) is 35.4 Å². The second-order valence-electron chi connectivity index (χ2n) is 8.52. The van der Waals surface area contributed by atoms with E-state index in [0.717, 1.165) is 34.9 Å². The molecule has 8 heteroatoms. The molecule has 31 heavy (non-hydrogen) atoms. The van der Waals surface area contributed by atoms with Crippen LogP contribution in [0.25, 0.3) is 22.3 Å². The number of carbonyl (C=O) groups excluding carboxylic acids is 1. The first kappa shape index (κ1) is 18.5. The number of aliphatic hydroxyl groups is 1. The van der Waals surface area contributed by atoms with E-state index < -0.39 is 17.4 Å². The molecular formula is C23H20FN3O4. The minimum atomic E-state index is -1.87. The molecule has 3 aliphatic rings. The number of nitrogens with two attached hydrogens (primary N) is 1. The largest absolute Gasteiger partial charge is 0.458 e. The highest BCUT2D eigenvalue weighted by atomic mass is 19.1. The molecule has 1 aromatic carbocycles. The summed E-state index contributed by atoms with van der Waals surface area (Å²) in [5, 5.41) is 11.9. The fourth-order valence-electron chi connectivity index (χ4n) is 5.38. The number of benzene rings is 1. The number of esters is 1. The zero-order valence-corrected chi connectivity index (χ0v) is 16.9. The normalized spacial score (nSPS) is 20.9. The van der Waals surface area contributed by atoms with Crippen molar-refractivity contribution in [3.8, 4) is 11.4 Å². The lowest BCUT2D eigenvalue weighted by molar-refractivity contribution is -0.172. The van der Waals surface area contributed by atoms with Crippen molar-refractivity contribution < 1.29 is 19.0 Å². The van der Waals surface area contributed by atoms with E-state index in [0.29, 0.717) is 29.9 Å². The molecule has 4 heterocycles. The summed E-state index contributed by atoms with van der Waals surface area (Å²) >= 11 is 0. The van der Waals surface area contributed by atoms with Crippen molar-refractivity contribution in [3.63, 3.8) is 0 Å². The van der Waals surface area contributed by atoms with Gasteiger partial charge < -0.3 is 20.1 Å². The number of hydrogen-bond donors (Lipinski definition) is 2. The fraction of sp³-hybridized carbons (Fsp3) is 0.348. The summed E-state index contributed by atoms with van der Waals surface area (Å²) in [5.41, 5.74) is 8.97. The van der Waals surface area contributed by atoms with Crippen molar-refractivity contribution in [2.75, 3.05) is 5.73 Å². The maximum Gasteiger partial charge on any atom is 0.343 e. The SMILES string of the molecule is CC[C@@]1(O)C(=O)OCc2c1cc1n(c2=O)Cc2c-1nc1cc(F)c(N)c3c1c2CCC3. The van der Waals surface area contributed by atoms with E-state index in [1.807, 2.05) is 0 Å². The van der Waals surface area contributed by atoms with Crippen LogP contribution < -0.4 is 11.3 Å². The molecule has 0 bridgehead atoms. The lowest BCUT2D eigenvalue weighted by atomic mass is 9.85. The highest BCUT2D eigenvalue weighted by molar-refractivity contribution is 5.94. The molecule has 0 amide bonds. The Balaban J connectivity index is 1.68. The predicted molar refractivity (Wildman–Crippen MR) is 111 cm³/mol. The summed E-state index contributed by atoms with van der Waals surface area (Å²) < 4.78 is 21.2. The number of aromatic nitrogens is 2. The van der Waals surface area contributed by atoms with E-state index >= 15 is 0 Å². The van der Waals surface area contributed by atoms with Crippen LogP contribution in [0.4, 0.5) is 10.1 Å². The quantitative estimate of drug-likeness (QED) is 0.361. The van der Waals surface area contributed by atoms with E-state index in [9.17, 15) is 19.1 Å². The van der Waals surface area contributed by atoms with Crippen LogP contribution in [0.15, 0.2) is 16.9 Å². The first-order valence-electron chi connectivity index (χ1n) is 10.4. The van der Waals surface area contributed by atoms with Gasteiger partial charge in [-0.05, 0) is 42.9 Å². The van der Waals surface area contributed by atoms with E-state index in [1.54, 1.807) is 17.6 Å². The number of aryl methyl sites for hydroxylation is 2. The number of fused-ring (bicyclic) bond motifs is 5. The maximum atomic E-state index is 14.5. The first-order chi connectivity index (χ1) is 14.8. The van der Waals surface area contributed by atoms with Crippen LogP contribution in [0.1, 0.15) is 47.6 Å².